The van der Waals surface area contributed by atoms with E-state index in [1.807, 2.05) is 19.9 Å². The fourth-order valence-electron chi connectivity index (χ4n) is 1.28. The molecule has 18 heavy (non-hydrogen) atoms. The van der Waals surface area contributed by atoms with Crippen LogP contribution in [0.15, 0.2) is 18.2 Å². The molecule has 6 heteroatoms. The second-order valence-corrected chi connectivity index (χ2v) is 4.42. The zero-order chi connectivity index (χ0) is 13.8. The Kier molecular flexibility index (Phi) is 4.23. The van der Waals surface area contributed by atoms with Crippen LogP contribution in [0.3, 0.4) is 0 Å². The van der Waals surface area contributed by atoms with Crippen molar-refractivity contribution in [1.29, 1.82) is 5.26 Å². The van der Waals surface area contributed by atoms with Crippen LogP contribution in [0.25, 0.3) is 0 Å². The molecule has 0 saturated carbocycles. The zero-order valence-corrected chi connectivity index (χ0v) is 10.6. The predicted molar refractivity (Wildman–Crippen MR) is 67.4 cm³/mol. The molecule has 0 amide bonds. The first-order valence-corrected chi connectivity index (χ1v) is 5.37. The van der Waals surface area contributed by atoms with Gasteiger partial charge in [-0.1, -0.05) is 0 Å². The van der Waals surface area contributed by atoms with Crippen molar-refractivity contribution >= 4 is 11.4 Å². The van der Waals surface area contributed by atoms with Gasteiger partial charge in [0, 0.05) is 25.4 Å². The second kappa shape index (κ2) is 5.47. The van der Waals surface area contributed by atoms with Gasteiger partial charge in [-0.25, -0.2) is 0 Å². The third-order valence-electron chi connectivity index (χ3n) is 2.58. The van der Waals surface area contributed by atoms with Crippen LogP contribution >= 0.6 is 0 Å². The standard InChI is InChI=1S/C12H15N3O3/c1-12(2,18-3)8-14-10-4-5-11(15(16)17)9(6-10)7-13/h4-6,14H,8H2,1-3H3. The lowest BCUT2D eigenvalue weighted by Gasteiger charge is -2.23. The van der Waals surface area contributed by atoms with Gasteiger partial charge in [-0.2, -0.15) is 5.26 Å². The van der Waals surface area contributed by atoms with Gasteiger partial charge in [0.1, 0.15) is 11.6 Å². The van der Waals surface area contributed by atoms with Gasteiger partial charge in [0.2, 0.25) is 0 Å². The Morgan fingerprint density at radius 3 is 2.72 bits per heavy atom. The molecular formula is C12H15N3O3. The molecule has 1 N–H and O–H groups in total. The summed E-state index contributed by atoms with van der Waals surface area (Å²) in [6.07, 6.45) is 0. The summed E-state index contributed by atoms with van der Waals surface area (Å²) in [6.45, 7) is 4.36. The quantitative estimate of drug-likeness (QED) is 0.639. The van der Waals surface area contributed by atoms with Crippen LogP contribution in [-0.2, 0) is 4.74 Å². The molecule has 0 heterocycles. The number of nitrogens with one attached hydrogen (secondary N) is 1. The van der Waals surface area contributed by atoms with E-state index in [0.717, 1.165) is 0 Å². The van der Waals surface area contributed by atoms with E-state index in [4.69, 9.17) is 10.00 Å². The second-order valence-electron chi connectivity index (χ2n) is 4.42. The number of benzene rings is 1. The molecule has 0 radical (unpaired) electrons. The van der Waals surface area contributed by atoms with Crippen molar-refractivity contribution in [2.45, 2.75) is 19.4 Å². The highest BCUT2D eigenvalue weighted by Gasteiger charge is 2.17. The predicted octanol–water partition coefficient (Wildman–Crippen LogP) is 2.30. The van der Waals surface area contributed by atoms with Crippen LogP contribution in [0, 0.1) is 21.4 Å². The maximum absolute atomic E-state index is 10.7. The Labute approximate surface area is 105 Å². The molecule has 1 aromatic carbocycles. The number of nitro benzene ring substituents is 1. The smallest absolute Gasteiger partial charge is 0.287 e. The van der Waals surface area contributed by atoms with Gasteiger partial charge in [-0.05, 0) is 26.0 Å². The molecule has 0 aromatic heterocycles. The summed E-state index contributed by atoms with van der Waals surface area (Å²) in [7, 11) is 1.61. The third-order valence-corrected chi connectivity index (χ3v) is 2.58. The minimum atomic E-state index is -0.568. The monoisotopic (exact) mass is 249 g/mol. The highest BCUT2D eigenvalue weighted by atomic mass is 16.6. The van der Waals surface area contributed by atoms with Gasteiger partial charge in [-0.15, -0.1) is 0 Å². The van der Waals surface area contributed by atoms with E-state index >= 15 is 0 Å². The molecule has 0 fully saturated rings. The fraction of sp³-hybridized carbons (Fsp3) is 0.417. The number of methoxy groups -OCH3 is 1. The first-order chi connectivity index (χ1) is 8.39. The Balaban J connectivity index is 2.88. The first kappa shape index (κ1) is 13.9. The molecule has 1 aromatic rings. The first-order valence-electron chi connectivity index (χ1n) is 5.37. The van der Waals surface area contributed by atoms with Crippen molar-refractivity contribution < 1.29 is 9.66 Å². The number of rotatable bonds is 5. The molecule has 0 spiro atoms. The maximum Gasteiger partial charge on any atom is 0.287 e. The van der Waals surface area contributed by atoms with E-state index in [1.165, 1.54) is 12.1 Å². The van der Waals surface area contributed by atoms with Crippen molar-refractivity contribution in [3.05, 3.63) is 33.9 Å². The Hall–Kier alpha value is -2.13. The number of nitriles is 1. The highest BCUT2D eigenvalue weighted by molar-refractivity contribution is 5.58. The minimum absolute atomic E-state index is 0.0419. The molecule has 1 rings (SSSR count). The molecule has 0 unspecified atom stereocenters. The SMILES string of the molecule is COC(C)(C)CNc1ccc([N+](=O)[O-])c(C#N)c1. The molecule has 0 atom stereocenters. The number of hydrogen-bond donors (Lipinski definition) is 1. The van der Waals surface area contributed by atoms with Gasteiger partial charge in [-0.3, -0.25) is 10.1 Å². The van der Waals surface area contributed by atoms with Crippen LogP contribution in [0.5, 0.6) is 0 Å². The van der Waals surface area contributed by atoms with Gasteiger partial charge >= 0.3 is 0 Å². The molecule has 96 valence electrons. The number of nitrogens with zero attached hydrogens (tertiary/aromatic N) is 2. The number of anilines is 1. The summed E-state index contributed by atoms with van der Waals surface area (Å²) in [5.74, 6) is 0. The molecule has 0 aliphatic heterocycles. The van der Waals surface area contributed by atoms with Crippen LogP contribution in [0.2, 0.25) is 0 Å². The van der Waals surface area contributed by atoms with Crippen LogP contribution in [-0.4, -0.2) is 24.2 Å². The summed E-state index contributed by atoms with van der Waals surface area (Å²) in [5, 5.41) is 22.6. The molecular weight excluding hydrogens is 234 g/mol. The van der Waals surface area contributed by atoms with Gasteiger partial charge < -0.3 is 10.1 Å². The van der Waals surface area contributed by atoms with Crippen LogP contribution < -0.4 is 5.32 Å². The Morgan fingerprint density at radius 2 is 2.22 bits per heavy atom. The van der Waals surface area contributed by atoms with Crippen LogP contribution in [0.1, 0.15) is 19.4 Å². The Morgan fingerprint density at radius 1 is 1.56 bits per heavy atom. The van der Waals surface area contributed by atoms with Crippen molar-refractivity contribution in [3.8, 4) is 6.07 Å². The number of nitro groups is 1. The average Bonchev–Trinajstić information content (AvgIpc) is 2.36. The number of hydrogen-bond acceptors (Lipinski definition) is 5. The van der Waals surface area contributed by atoms with E-state index in [1.54, 1.807) is 13.2 Å². The minimum Gasteiger partial charge on any atom is -0.382 e. The number of ether oxygens (including phenoxy) is 1. The summed E-state index contributed by atoms with van der Waals surface area (Å²) >= 11 is 0. The normalized spacial score (nSPS) is 10.8. The lowest BCUT2D eigenvalue weighted by atomic mass is 10.1. The largest absolute Gasteiger partial charge is 0.382 e. The summed E-state index contributed by atoms with van der Waals surface area (Å²) in [4.78, 5) is 10.1. The summed E-state index contributed by atoms with van der Waals surface area (Å²) in [5.41, 5.74) is 0.158. The van der Waals surface area contributed by atoms with Gasteiger partial charge in [0.15, 0.2) is 0 Å². The summed E-state index contributed by atoms with van der Waals surface area (Å²) in [6, 6.07) is 6.17. The van der Waals surface area contributed by atoms with Gasteiger partial charge in [0.05, 0.1) is 10.5 Å². The lowest BCUT2D eigenvalue weighted by Crippen LogP contribution is -2.32. The molecule has 0 aliphatic carbocycles. The summed E-state index contributed by atoms with van der Waals surface area (Å²) < 4.78 is 5.24. The maximum atomic E-state index is 10.7. The molecule has 0 saturated heterocycles. The fourth-order valence-corrected chi connectivity index (χ4v) is 1.28. The Bertz CT molecular complexity index is 492. The van der Waals surface area contributed by atoms with Crippen LogP contribution in [0.4, 0.5) is 11.4 Å². The van der Waals surface area contributed by atoms with E-state index in [0.29, 0.717) is 12.2 Å². The molecule has 0 aliphatic rings. The topological polar surface area (TPSA) is 88.2 Å². The van der Waals surface area contributed by atoms with Crippen molar-refractivity contribution in [2.24, 2.45) is 0 Å². The van der Waals surface area contributed by atoms with E-state index in [2.05, 4.69) is 5.32 Å². The molecule has 6 nitrogen and oxygen atoms in total. The van der Waals surface area contributed by atoms with Crippen molar-refractivity contribution in [3.63, 3.8) is 0 Å². The van der Waals surface area contributed by atoms with E-state index < -0.39 is 4.92 Å². The molecule has 0 bridgehead atoms. The van der Waals surface area contributed by atoms with E-state index in [9.17, 15) is 10.1 Å². The van der Waals surface area contributed by atoms with Crippen molar-refractivity contribution in [1.82, 2.24) is 0 Å². The van der Waals surface area contributed by atoms with Gasteiger partial charge in [0.25, 0.3) is 5.69 Å². The van der Waals surface area contributed by atoms with E-state index in [-0.39, 0.29) is 16.9 Å². The lowest BCUT2D eigenvalue weighted by molar-refractivity contribution is -0.385. The zero-order valence-electron chi connectivity index (χ0n) is 10.6. The van der Waals surface area contributed by atoms with Crippen molar-refractivity contribution in [2.75, 3.05) is 19.0 Å². The highest BCUT2D eigenvalue weighted by Crippen LogP contribution is 2.22. The average molecular weight is 249 g/mol. The third kappa shape index (κ3) is 3.43.